The van der Waals surface area contributed by atoms with Crippen molar-refractivity contribution in [2.75, 3.05) is 5.32 Å². The van der Waals surface area contributed by atoms with Crippen molar-refractivity contribution in [1.82, 2.24) is 10.2 Å². The van der Waals surface area contributed by atoms with E-state index in [0.717, 1.165) is 23.4 Å². The Morgan fingerprint density at radius 3 is 2.54 bits per heavy atom. The summed E-state index contributed by atoms with van der Waals surface area (Å²) in [5.41, 5.74) is 1.13. The number of rotatable bonds is 3. The molecular formula is C17H12F3N3O. The van der Waals surface area contributed by atoms with E-state index in [2.05, 4.69) is 15.5 Å². The Morgan fingerprint density at radius 1 is 1.04 bits per heavy atom. The maximum atomic E-state index is 12.7. The summed E-state index contributed by atoms with van der Waals surface area (Å²) in [6, 6.07) is 13.0. The molecule has 0 radical (unpaired) electrons. The van der Waals surface area contributed by atoms with Crippen LogP contribution in [0.5, 0.6) is 0 Å². The molecule has 0 aliphatic carbocycles. The SMILES string of the molecule is O=C(Nc1cccc(-c2ccn[nH]2)c1)c1cccc(C(F)(F)F)c1. The smallest absolute Gasteiger partial charge is 0.322 e. The van der Waals surface area contributed by atoms with Gasteiger partial charge < -0.3 is 5.32 Å². The number of aromatic amines is 1. The number of anilines is 1. The van der Waals surface area contributed by atoms with Crippen molar-refractivity contribution in [3.05, 3.63) is 71.9 Å². The van der Waals surface area contributed by atoms with Crippen LogP contribution < -0.4 is 5.32 Å². The van der Waals surface area contributed by atoms with Gasteiger partial charge in [0, 0.05) is 23.0 Å². The minimum Gasteiger partial charge on any atom is -0.322 e. The molecule has 0 saturated heterocycles. The molecule has 0 saturated carbocycles. The minimum absolute atomic E-state index is 0.0585. The zero-order chi connectivity index (χ0) is 17.2. The van der Waals surface area contributed by atoms with Crippen molar-refractivity contribution in [1.29, 1.82) is 0 Å². The van der Waals surface area contributed by atoms with Gasteiger partial charge in [-0.05, 0) is 36.4 Å². The van der Waals surface area contributed by atoms with Crippen molar-refractivity contribution in [2.24, 2.45) is 0 Å². The first kappa shape index (κ1) is 15.8. The number of nitrogens with one attached hydrogen (secondary N) is 2. The normalized spacial score (nSPS) is 11.3. The number of aromatic nitrogens is 2. The Bertz CT molecular complexity index is 858. The van der Waals surface area contributed by atoms with Gasteiger partial charge in [0.1, 0.15) is 0 Å². The number of amides is 1. The maximum Gasteiger partial charge on any atom is 0.416 e. The van der Waals surface area contributed by atoms with E-state index in [1.54, 1.807) is 30.5 Å². The van der Waals surface area contributed by atoms with Crippen LogP contribution in [-0.4, -0.2) is 16.1 Å². The molecule has 0 aliphatic heterocycles. The fourth-order valence-electron chi connectivity index (χ4n) is 2.22. The fourth-order valence-corrected chi connectivity index (χ4v) is 2.22. The molecule has 2 N–H and O–H groups in total. The second-order valence-corrected chi connectivity index (χ2v) is 5.08. The molecule has 1 amide bonds. The van der Waals surface area contributed by atoms with Gasteiger partial charge in [0.25, 0.3) is 5.91 Å². The first-order valence-electron chi connectivity index (χ1n) is 7.02. The highest BCUT2D eigenvalue weighted by molar-refractivity contribution is 6.04. The third-order valence-electron chi connectivity index (χ3n) is 3.38. The maximum absolute atomic E-state index is 12.7. The number of carbonyl (C=O) groups excluding carboxylic acids is 1. The summed E-state index contributed by atoms with van der Waals surface area (Å²) < 4.78 is 38.2. The number of halogens is 3. The molecule has 7 heteroatoms. The summed E-state index contributed by atoms with van der Waals surface area (Å²) in [5, 5.41) is 9.25. The molecule has 0 bridgehead atoms. The topological polar surface area (TPSA) is 57.8 Å². The third-order valence-corrected chi connectivity index (χ3v) is 3.38. The molecule has 3 rings (SSSR count). The lowest BCUT2D eigenvalue weighted by Gasteiger charge is -2.10. The van der Waals surface area contributed by atoms with Crippen LogP contribution in [-0.2, 0) is 6.18 Å². The molecule has 0 unspecified atom stereocenters. The van der Waals surface area contributed by atoms with E-state index in [4.69, 9.17) is 0 Å². The molecule has 122 valence electrons. The van der Waals surface area contributed by atoms with Crippen LogP contribution in [0.15, 0.2) is 60.8 Å². The molecular weight excluding hydrogens is 319 g/mol. The Balaban J connectivity index is 1.82. The zero-order valence-corrected chi connectivity index (χ0v) is 12.3. The second kappa shape index (κ2) is 6.19. The van der Waals surface area contributed by atoms with Crippen LogP contribution in [0.25, 0.3) is 11.3 Å². The molecule has 2 aromatic carbocycles. The predicted octanol–water partition coefficient (Wildman–Crippen LogP) is 4.35. The summed E-state index contributed by atoms with van der Waals surface area (Å²) in [7, 11) is 0. The first-order valence-corrected chi connectivity index (χ1v) is 7.02. The van der Waals surface area contributed by atoms with Crippen molar-refractivity contribution in [3.63, 3.8) is 0 Å². The number of H-pyrrole nitrogens is 1. The summed E-state index contributed by atoms with van der Waals surface area (Å²) >= 11 is 0. The van der Waals surface area contributed by atoms with Crippen LogP contribution >= 0.6 is 0 Å². The molecule has 0 atom stereocenters. The van der Waals surface area contributed by atoms with E-state index >= 15 is 0 Å². The Morgan fingerprint density at radius 2 is 1.83 bits per heavy atom. The summed E-state index contributed by atoms with van der Waals surface area (Å²) in [5.74, 6) is -0.608. The zero-order valence-electron chi connectivity index (χ0n) is 12.3. The molecule has 24 heavy (non-hydrogen) atoms. The minimum atomic E-state index is -4.49. The standard InChI is InChI=1S/C17H12F3N3O/c18-17(19,20)13-5-1-4-12(9-13)16(24)22-14-6-2-3-11(10-14)15-7-8-21-23-15/h1-10H,(H,21,23)(H,22,24). The first-order chi connectivity index (χ1) is 11.4. The van der Waals surface area contributed by atoms with Crippen LogP contribution in [0.1, 0.15) is 15.9 Å². The Hall–Kier alpha value is -3.09. The van der Waals surface area contributed by atoms with E-state index in [1.807, 2.05) is 6.07 Å². The summed E-state index contributed by atoms with van der Waals surface area (Å²) in [6.07, 6.45) is -2.89. The molecule has 4 nitrogen and oxygen atoms in total. The van der Waals surface area contributed by atoms with Crippen molar-refractivity contribution in [3.8, 4) is 11.3 Å². The number of carbonyl (C=O) groups is 1. The average Bonchev–Trinajstić information content (AvgIpc) is 3.09. The van der Waals surface area contributed by atoms with Crippen molar-refractivity contribution >= 4 is 11.6 Å². The lowest BCUT2D eigenvalue weighted by molar-refractivity contribution is -0.137. The van der Waals surface area contributed by atoms with Crippen LogP contribution in [0, 0.1) is 0 Å². The third kappa shape index (κ3) is 3.45. The molecule has 3 aromatic rings. The lowest BCUT2D eigenvalue weighted by Crippen LogP contribution is -2.13. The largest absolute Gasteiger partial charge is 0.416 e. The number of alkyl halides is 3. The number of benzene rings is 2. The number of nitrogens with zero attached hydrogens (tertiary/aromatic N) is 1. The van der Waals surface area contributed by atoms with Gasteiger partial charge in [-0.3, -0.25) is 9.89 Å². The molecule has 1 aromatic heterocycles. The van der Waals surface area contributed by atoms with Crippen molar-refractivity contribution < 1.29 is 18.0 Å². The van der Waals surface area contributed by atoms with Crippen molar-refractivity contribution in [2.45, 2.75) is 6.18 Å². The van der Waals surface area contributed by atoms with Gasteiger partial charge in [-0.2, -0.15) is 18.3 Å². The van der Waals surface area contributed by atoms with E-state index in [9.17, 15) is 18.0 Å². The number of hydrogen-bond donors (Lipinski definition) is 2. The molecule has 0 aliphatic rings. The van der Waals surface area contributed by atoms with Gasteiger partial charge >= 0.3 is 6.18 Å². The van der Waals surface area contributed by atoms with E-state index in [-0.39, 0.29) is 5.56 Å². The average molecular weight is 331 g/mol. The van der Waals surface area contributed by atoms with E-state index < -0.39 is 17.6 Å². The van der Waals surface area contributed by atoms with Gasteiger partial charge in [-0.1, -0.05) is 18.2 Å². The monoisotopic (exact) mass is 331 g/mol. The van der Waals surface area contributed by atoms with Gasteiger partial charge in [0.2, 0.25) is 0 Å². The van der Waals surface area contributed by atoms with E-state index in [1.165, 1.54) is 12.1 Å². The highest BCUT2D eigenvalue weighted by Crippen LogP contribution is 2.29. The lowest BCUT2D eigenvalue weighted by atomic mass is 10.1. The van der Waals surface area contributed by atoms with Gasteiger partial charge in [0.05, 0.1) is 11.3 Å². The quantitative estimate of drug-likeness (QED) is 0.750. The fraction of sp³-hybridized carbons (Fsp3) is 0.0588. The summed E-state index contributed by atoms with van der Waals surface area (Å²) in [4.78, 5) is 12.2. The summed E-state index contributed by atoms with van der Waals surface area (Å²) in [6.45, 7) is 0. The number of hydrogen-bond acceptors (Lipinski definition) is 2. The van der Waals surface area contributed by atoms with Crippen LogP contribution in [0.2, 0.25) is 0 Å². The van der Waals surface area contributed by atoms with Crippen LogP contribution in [0.4, 0.5) is 18.9 Å². The molecule has 1 heterocycles. The highest BCUT2D eigenvalue weighted by atomic mass is 19.4. The second-order valence-electron chi connectivity index (χ2n) is 5.08. The van der Waals surface area contributed by atoms with Gasteiger partial charge in [-0.15, -0.1) is 0 Å². The van der Waals surface area contributed by atoms with Gasteiger partial charge in [-0.25, -0.2) is 0 Å². The van der Waals surface area contributed by atoms with Crippen LogP contribution in [0.3, 0.4) is 0 Å². The predicted molar refractivity (Wildman–Crippen MR) is 83.4 cm³/mol. The molecule has 0 fully saturated rings. The van der Waals surface area contributed by atoms with E-state index in [0.29, 0.717) is 5.69 Å². The molecule has 0 spiro atoms. The Kier molecular flexibility index (Phi) is 4.07. The highest BCUT2D eigenvalue weighted by Gasteiger charge is 2.30. The van der Waals surface area contributed by atoms with Gasteiger partial charge in [0.15, 0.2) is 0 Å². The Labute approximate surface area is 135 Å².